The van der Waals surface area contributed by atoms with Crippen molar-refractivity contribution in [1.82, 2.24) is 20.0 Å². The van der Waals surface area contributed by atoms with Crippen molar-refractivity contribution < 1.29 is 19.1 Å². The van der Waals surface area contributed by atoms with Crippen LogP contribution in [0.2, 0.25) is 0 Å². The maximum atomic E-state index is 12.5. The number of benzene rings is 1. The fourth-order valence-corrected chi connectivity index (χ4v) is 2.52. The van der Waals surface area contributed by atoms with E-state index in [1.54, 1.807) is 24.3 Å². The molecule has 0 aliphatic carbocycles. The Morgan fingerprint density at radius 1 is 1.19 bits per heavy atom. The minimum Gasteiger partial charge on any atom is -0.439 e. The Balaban J connectivity index is 1.84. The number of aromatic nitrogens is 2. The predicted octanol–water partition coefficient (Wildman–Crippen LogP) is 0.230. The highest BCUT2D eigenvalue weighted by Crippen LogP contribution is 2.17. The Morgan fingerprint density at radius 2 is 1.92 bits per heavy atom. The largest absolute Gasteiger partial charge is 0.439 e. The third-order valence-corrected chi connectivity index (χ3v) is 3.91. The first-order valence-electron chi connectivity index (χ1n) is 7.83. The summed E-state index contributed by atoms with van der Waals surface area (Å²) in [4.78, 5) is 48.4. The van der Waals surface area contributed by atoms with Crippen molar-refractivity contribution in [3.8, 4) is 0 Å². The quantitative estimate of drug-likeness (QED) is 0.821. The lowest BCUT2D eigenvalue weighted by Crippen LogP contribution is -2.41. The SMILES string of the molecule is Cn1nc(C(=O)N[C@H](CN2C(=O)COC2=O)c2ccccc2)ccc1=O. The standard InChI is InChI=1S/C17H16N4O5/c1-20-14(22)8-7-12(19-20)16(24)18-13(11-5-3-2-4-6-11)9-21-15(23)10-26-17(21)25/h2-8,13H,9-10H2,1H3,(H,18,24)/t13-/m1/s1. The van der Waals surface area contributed by atoms with Crippen LogP contribution in [0.1, 0.15) is 22.1 Å². The molecule has 1 fully saturated rings. The van der Waals surface area contributed by atoms with Crippen molar-refractivity contribution in [3.63, 3.8) is 0 Å². The molecule has 26 heavy (non-hydrogen) atoms. The molecule has 3 rings (SSSR count). The highest BCUT2D eigenvalue weighted by Gasteiger charge is 2.34. The van der Waals surface area contributed by atoms with Crippen LogP contribution in [0.4, 0.5) is 4.79 Å². The number of ether oxygens (including phenoxy) is 1. The maximum Gasteiger partial charge on any atom is 0.417 e. The Kier molecular flexibility index (Phi) is 4.78. The molecule has 3 amide bonds. The number of nitrogens with one attached hydrogen (secondary N) is 1. The van der Waals surface area contributed by atoms with Crippen LogP contribution < -0.4 is 10.9 Å². The Morgan fingerprint density at radius 3 is 2.54 bits per heavy atom. The van der Waals surface area contributed by atoms with Gasteiger partial charge in [-0.3, -0.25) is 14.4 Å². The van der Waals surface area contributed by atoms with Gasteiger partial charge in [0.05, 0.1) is 12.6 Å². The lowest BCUT2D eigenvalue weighted by molar-refractivity contribution is -0.126. The number of hydrogen-bond acceptors (Lipinski definition) is 6. The minimum atomic E-state index is -0.745. The molecule has 0 radical (unpaired) electrons. The number of hydrogen-bond donors (Lipinski definition) is 1. The smallest absolute Gasteiger partial charge is 0.417 e. The molecule has 2 aromatic rings. The van der Waals surface area contributed by atoms with Crippen molar-refractivity contribution in [2.24, 2.45) is 7.05 Å². The van der Waals surface area contributed by atoms with Crippen LogP contribution in [-0.2, 0) is 16.6 Å². The van der Waals surface area contributed by atoms with Gasteiger partial charge in [-0.1, -0.05) is 30.3 Å². The lowest BCUT2D eigenvalue weighted by Gasteiger charge is -2.22. The third kappa shape index (κ3) is 3.61. The van der Waals surface area contributed by atoms with Gasteiger partial charge in [-0.05, 0) is 11.6 Å². The van der Waals surface area contributed by atoms with Crippen molar-refractivity contribution in [2.45, 2.75) is 6.04 Å². The number of imide groups is 1. The molecular weight excluding hydrogens is 340 g/mol. The molecule has 0 saturated carbocycles. The molecule has 1 N–H and O–H groups in total. The normalized spacial score (nSPS) is 14.9. The van der Waals surface area contributed by atoms with Crippen LogP contribution in [0.15, 0.2) is 47.3 Å². The molecule has 1 aliphatic rings. The van der Waals surface area contributed by atoms with E-state index in [-0.39, 0.29) is 24.4 Å². The van der Waals surface area contributed by atoms with Crippen molar-refractivity contribution >= 4 is 17.9 Å². The van der Waals surface area contributed by atoms with Gasteiger partial charge in [0.2, 0.25) is 0 Å². The molecule has 0 spiro atoms. The summed E-state index contributed by atoms with van der Waals surface area (Å²) in [5.74, 6) is -1.00. The summed E-state index contributed by atoms with van der Waals surface area (Å²) in [5, 5.41) is 6.65. The van der Waals surface area contributed by atoms with Crippen LogP contribution in [0, 0.1) is 0 Å². The topological polar surface area (TPSA) is 111 Å². The van der Waals surface area contributed by atoms with Crippen molar-refractivity contribution in [3.05, 3.63) is 64.1 Å². The molecule has 1 atom stereocenters. The summed E-state index contributed by atoms with van der Waals surface area (Å²) >= 11 is 0. The summed E-state index contributed by atoms with van der Waals surface area (Å²) in [6.07, 6.45) is -0.745. The molecule has 2 heterocycles. The van der Waals surface area contributed by atoms with E-state index < -0.39 is 23.9 Å². The second-order valence-corrected chi connectivity index (χ2v) is 5.68. The molecule has 0 unspecified atom stereocenters. The van der Waals surface area contributed by atoms with E-state index in [4.69, 9.17) is 4.74 Å². The van der Waals surface area contributed by atoms with Gasteiger partial charge in [-0.2, -0.15) is 5.10 Å². The van der Waals surface area contributed by atoms with Gasteiger partial charge >= 0.3 is 6.09 Å². The van der Waals surface area contributed by atoms with Crippen LogP contribution >= 0.6 is 0 Å². The van der Waals surface area contributed by atoms with E-state index in [1.165, 1.54) is 19.2 Å². The van der Waals surface area contributed by atoms with Crippen molar-refractivity contribution in [1.29, 1.82) is 0 Å². The van der Waals surface area contributed by atoms with Gasteiger partial charge in [0.1, 0.15) is 5.69 Å². The monoisotopic (exact) mass is 356 g/mol. The van der Waals surface area contributed by atoms with E-state index in [9.17, 15) is 19.2 Å². The number of nitrogens with zero attached hydrogens (tertiary/aromatic N) is 3. The second-order valence-electron chi connectivity index (χ2n) is 5.68. The van der Waals surface area contributed by atoms with Gasteiger partial charge in [-0.25, -0.2) is 14.4 Å². The molecule has 1 aliphatic heterocycles. The molecular formula is C17H16N4O5. The average Bonchev–Trinajstić information content (AvgIpc) is 2.96. The number of carbonyl (C=O) groups is 3. The fourth-order valence-electron chi connectivity index (χ4n) is 2.52. The van der Waals surface area contributed by atoms with Gasteiger partial charge in [0.25, 0.3) is 17.4 Å². The maximum absolute atomic E-state index is 12.5. The number of aryl methyl sites for hydroxylation is 1. The number of cyclic esters (lactones) is 1. The van der Waals surface area contributed by atoms with E-state index in [0.29, 0.717) is 5.56 Å². The van der Waals surface area contributed by atoms with Gasteiger partial charge in [0, 0.05) is 13.1 Å². The molecule has 1 saturated heterocycles. The average molecular weight is 356 g/mol. The van der Waals surface area contributed by atoms with Gasteiger partial charge in [-0.15, -0.1) is 0 Å². The molecule has 9 nitrogen and oxygen atoms in total. The molecule has 9 heteroatoms. The van der Waals surface area contributed by atoms with Crippen molar-refractivity contribution in [2.75, 3.05) is 13.2 Å². The second kappa shape index (κ2) is 7.18. The van der Waals surface area contributed by atoms with Crippen LogP contribution in [0.3, 0.4) is 0 Å². The number of rotatable bonds is 5. The molecule has 0 bridgehead atoms. The molecule has 134 valence electrons. The lowest BCUT2D eigenvalue weighted by atomic mass is 10.1. The first-order chi connectivity index (χ1) is 12.5. The first kappa shape index (κ1) is 17.3. The summed E-state index contributed by atoms with van der Waals surface area (Å²) < 4.78 is 5.76. The Bertz CT molecular complexity index is 893. The minimum absolute atomic E-state index is 0.0448. The number of amides is 3. The summed E-state index contributed by atoms with van der Waals surface area (Å²) in [6, 6.07) is 10.8. The van der Waals surface area contributed by atoms with Gasteiger partial charge in [0.15, 0.2) is 6.61 Å². The highest BCUT2D eigenvalue weighted by atomic mass is 16.6. The molecule has 1 aromatic carbocycles. The third-order valence-electron chi connectivity index (χ3n) is 3.91. The zero-order valence-electron chi connectivity index (χ0n) is 13.9. The summed E-state index contributed by atoms with van der Waals surface area (Å²) in [5.41, 5.74) is 0.410. The zero-order valence-corrected chi connectivity index (χ0v) is 13.9. The summed E-state index contributed by atoms with van der Waals surface area (Å²) in [7, 11) is 1.44. The van der Waals surface area contributed by atoms with E-state index in [2.05, 4.69) is 10.4 Å². The molecule has 1 aromatic heterocycles. The predicted molar refractivity (Wildman–Crippen MR) is 89.2 cm³/mol. The Labute approximate surface area is 148 Å². The van der Waals surface area contributed by atoms with Crippen LogP contribution in [0.25, 0.3) is 0 Å². The van der Waals surface area contributed by atoms with E-state index >= 15 is 0 Å². The zero-order chi connectivity index (χ0) is 18.7. The Hall–Kier alpha value is -3.49. The highest BCUT2D eigenvalue weighted by molar-refractivity contribution is 5.98. The van der Waals surface area contributed by atoms with E-state index in [1.807, 2.05) is 6.07 Å². The van der Waals surface area contributed by atoms with Crippen LogP contribution in [-0.4, -0.2) is 45.7 Å². The fraction of sp³-hybridized carbons (Fsp3) is 0.235. The summed E-state index contributed by atoms with van der Waals surface area (Å²) in [6.45, 7) is -0.379. The van der Waals surface area contributed by atoms with E-state index in [0.717, 1.165) is 9.58 Å². The first-order valence-corrected chi connectivity index (χ1v) is 7.83. The number of carbonyl (C=O) groups excluding carboxylic acids is 3. The van der Waals surface area contributed by atoms with Crippen LogP contribution in [0.5, 0.6) is 0 Å². The van der Waals surface area contributed by atoms with Gasteiger partial charge < -0.3 is 10.1 Å².